The summed E-state index contributed by atoms with van der Waals surface area (Å²) >= 11 is 3.48. The maximum absolute atomic E-state index is 13.3. The Bertz CT molecular complexity index is 1130. The number of hydrogen-bond donors (Lipinski definition) is 2. The Balaban J connectivity index is 1.58. The summed E-state index contributed by atoms with van der Waals surface area (Å²) in [5.74, 6) is 0.197. The van der Waals surface area contributed by atoms with Gasteiger partial charge in [0.15, 0.2) is 18.1 Å². The van der Waals surface area contributed by atoms with Gasteiger partial charge in [-0.3, -0.25) is 4.79 Å². The minimum absolute atomic E-state index is 0.123. The molecule has 6 heteroatoms. The van der Waals surface area contributed by atoms with Crippen molar-refractivity contribution in [3.05, 3.63) is 106 Å². The number of ether oxygens (including phenoxy) is 2. The van der Waals surface area contributed by atoms with Gasteiger partial charge in [-0.2, -0.15) is 0 Å². The van der Waals surface area contributed by atoms with Gasteiger partial charge >= 0.3 is 0 Å². The zero-order valence-corrected chi connectivity index (χ0v) is 17.5. The fourth-order valence-electron chi connectivity index (χ4n) is 4.10. The van der Waals surface area contributed by atoms with E-state index in [9.17, 15) is 4.79 Å². The number of carbonyl (C=O) groups excluding carboxylic acids is 1. The van der Waals surface area contributed by atoms with Gasteiger partial charge in [-0.1, -0.05) is 64.5 Å². The molecule has 0 aliphatic carbocycles. The second-order valence-electron chi connectivity index (χ2n) is 7.29. The Morgan fingerprint density at radius 3 is 2.37 bits per heavy atom. The van der Waals surface area contributed by atoms with E-state index in [1.165, 1.54) is 0 Å². The molecule has 3 atom stereocenters. The van der Waals surface area contributed by atoms with Crippen molar-refractivity contribution in [2.45, 2.75) is 18.1 Å². The van der Waals surface area contributed by atoms with Crippen molar-refractivity contribution < 1.29 is 14.3 Å². The minimum Gasteiger partial charge on any atom is -0.485 e. The molecule has 150 valence electrons. The maximum Gasteiger partial charge on any atom is 0.257 e. The van der Waals surface area contributed by atoms with E-state index in [0.717, 1.165) is 21.3 Å². The quantitative estimate of drug-likeness (QED) is 0.581. The van der Waals surface area contributed by atoms with E-state index in [1.54, 1.807) is 0 Å². The highest BCUT2D eigenvalue weighted by Gasteiger charge is 2.49. The number of carbonyl (C=O) groups is 1. The lowest BCUT2D eigenvalue weighted by Gasteiger charge is -2.35. The SMILES string of the molecule is NC1=C(C(=O)Nc2ccccc2)[C@@H](c2ccc(Br)cc2)[C@H]2Oc3ccccc3[C@@H]2O1. The van der Waals surface area contributed by atoms with Crippen molar-refractivity contribution in [3.8, 4) is 5.75 Å². The van der Waals surface area contributed by atoms with Crippen LogP contribution in [0.5, 0.6) is 5.75 Å². The van der Waals surface area contributed by atoms with Gasteiger partial charge in [0.25, 0.3) is 5.91 Å². The molecule has 0 radical (unpaired) electrons. The molecule has 1 amide bonds. The Hall–Kier alpha value is -3.25. The normalized spacial score (nSPS) is 21.8. The van der Waals surface area contributed by atoms with Gasteiger partial charge in [-0.25, -0.2) is 0 Å². The van der Waals surface area contributed by atoms with Gasteiger partial charge in [0.1, 0.15) is 5.75 Å². The first-order chi connectivity index (χ1) is 14.6. The first-order valence-corrected chi connectivity index (χ1v) is 10.4. The molecule has 0 fully saturated rings. The van der Waals surface area contributed by atoms with Crippen molar-refractivity contribution in [1.29, 1.82) is 0 Å². The Morgan fingerprint density at radius 2 is 1.60 bits per heavy atom. The third-order valence-electron chi connectivity index (χ3n) is 5.45. The summed E-state index contributed by atoms with van der Waals surface area (Å²) in [5, 5.41) is 2.93. The monoisotopic (exact) mass is 462 g/mol. The van der Waals surface area contributed by atoms with Crippen LogP contribution in [0.1, 0.15) is 23.1 Å². The molecule has 2 aliphatic heterocycles. The number of amides is 1. The second kappa shape index (κ2) is 7.54. The fraction of sp³-hybridized carbons (Fsp3) is 0.125. The topological polar surface area (TPSA) is 73.6 Å². The van der Waals surface area contributed by atoms with E-state index in [2.05, 4.69) is 21.2 Å². The number of hydrogen-bond acceptors (Lipinski definition) is 4. The van der Waals surface area contributed by atoms with E-state index in [1.807, 2.05) is 78.9 Å². The lowest BCUT2D eigenvalue weighted by molar-refractivity contribution is -0.114. The summed E-state index contributed by atoms with van der Waals surface area (Å²) in [7, 11) is 0. The number of fused-ring (bicyclic) bond motifs is 3. The molecule has 3 N–H and O–H groups in total. The van der Waals surface area contributed by atoms with Gasteiger partial charge < -0.3 is 20.5 Å². The molecule has 0 saturated heterocycles. The van der Waals surface area contributed by atoms with Crippen molar-refractivity contribution >= 4 is 27.5 Å². The van der Waals surface area contributed by atoms with Crippen LogP contribution in [0.3, 0.4) is 0 Å². The molecular weight excluding hydrogens is 444 g/mol. The summed E-state index contributed by atoms with van der Waals surface area (Å²) in [6, 6.07) is 24.9. The first kappa shape index (κ1) is 18.8. The van der Waals surface area contributed by atoms with E-state index in [0.29, 0.717) is 11.3 Å². The van der Waals surface area contributed by atoms with Crippen molar-refractivity contribution in [3.63, 3.8) is 0 Å². The summed E-state index contributed by atoms with van der Waals surface area (Å²) in [6.45, 7) is 0. The highest BCUT2D eigenvalue weighted by atomic mass is 79.9. The van der Waals surface area contributed by atoms with Crippen LogP contribution in [-0.4, -0.2) is 12.0 Å². The molecule has 0 saturated carbocycles. The number of rotatable bonds is 3. The number of anilines is 1. The van der Waals surface area contributed by atoms with Crippen LogP contribution in [0.15, 0.2) is 94.8 Å². The molecule has 3 aromatic carbocycles. The van der Waals surface area contributed by atoms with Crippen LogP contribution < -0.4 is 15.8 Å². The zero-order valence-electron chi connectivity index (χ0n) is 15.9. The average molecular weight is 463 g/mol. The van der Waals surface area contributed by atoms with Gasteiger partial charge in [0.2, 0.25) is 0 Å². The third-order valence-corrected chi connectivity index (χ3v) is 5.98. The molecule has 5 nitrogen and oxygen atoms in total. The third kappa shape index (κ3) is 3.23. The number of para-hydroxylation sites is 2. The lowest BCUT2D eigenvalue weighted by atomic mass is 9.81. The van der Waals surface area contributed by atoms with Crippen LogP contribution in [0, 0.1) is 0 Å². The molecular formula is C24H19BrN2O3. The van der Waals surface area contributed by atoms with Crippen LogP contribution in [0.2, 0.25) is 0 Å². The zero-order chi connectivity index (χ0) is 20.7. The molecule has 3 aromatic rings. The second-order valence-corrected chi connectivity index (χ2v) is 8.20. The van der Waals surface area contributed by atoms with Crippen molar-refractivity contribution in [2.24, 2.45) is 5.73 Å². The van der Waals surface area contributed by atoms with Crippen molar-refractivity contribution in [2.75, 3.05) is 5.32 Å². The van der Waals surface area contributed by atoms with E-state index in [-0.39, 0.29) is 23.8 Å². The maximum atomic E-state index is 13.3. The molecule has 0 aromatic heterocycles. The highest BCUT2D eigenvalue weighted by molar-refractivity contribution is 9.10. The van der Waals surface area contributed by atoms with Gasteiger partial charge in [0.05, 0.1) is 11.5 Å². The van der Waals surface area contributed by atoms with Crippen molar-refractivity contribution in [1.82, 2.24) is 0 Å². The Morgan fingerprint density at radius 1 is 0.900 bits per heavy atom. The molecule has 2 heterocycles. The summed E-state index contributed by atoms with van der Waals surface area (Å²) in [4.78, 5) is 13.3. The Kier molecular flexibility index (Phi) is 4.71. The largest absolute Gasteiger partial charge is 0.485 e. The predicted octanol–water partition coefficient (Wildman–Crippen LogP) is 4.87. The van der Waals surface area contributed by atoms with Gasteiger partial charge in [0, 0.05) is 15.7 Å². The number of benzene rings is 3. The standard InChI is InChI=1S/C24H19BrN2O3/c25-15-12-10-14(11-13-15)19-20(24(28)27-16-6-2-1-3-7-16)23(26)30-21-17-8-4-5-9-18(17)29-22(19)21/h1-13,19,21-22H,26H2,(H,27,28)/t19-,21+,22-/m1/s1. The van der Waals surface area contributed by atoms with Gasteiger partial charge in [-0.05, 0) is 35.9 Å². The number of halogens is 1. The lowest BCUT2D eigenvalue weighted by Crippen LogP contribution is -2.40. The first-order valence-electron chi connectivity index (χ1n) is 9.65. The smallest absolute Gasteiger partial charge is 0.257 e. The molecule has 5 rings (SSSR count). The van der Waals surface area contributed by atoms with E-state index < -0.39 is 6.10 Å². The number of nitrogens with one attached hydrogen (secondary N) is 1. The van der Waals surface area contributed by atoms with Crippen LogP contribution >= 0.6 is 15.9 Å². The van der Waals surface area contributed by atoms with E-state index in [4.69, 9.17) is 15.2 Å². The van der Waals surface area contributed by atoms with Crippen LogP contribution in [-0.2, 0) is 9.53 Å². The van der Waals surface area contributed by atoms with Crippen LogP contribution in [0.25, 0.3) is 0 Å². The summed E-state index contributed by atoms with van der Waals surface area (Å²) in [5.41, 5.74) is 9.27. The minimum atomic E-state index is -0.396. The van der Waals surface area contributed by atoms with E-state index >= 15 is 0 Å². The molecule has 30 heavy (non-hydrogen) atoms. The average Bonchev–Trinajstić information content (AvgIpc) is 3.12. The fourth-order valence-corrected chi connectivity index (χ4v) is 4.36. The summed E-state index contributed by atoms with van der Waals surface area (Å²) < 4.78 is 13.3. The van der Waals surface area contributed by atoms with Gasteiger partial charge in [-0.15, -0.1) is 0 Å². The number of nitrogens with two attached hydrogens (primary N) is 1. The molecule has 0 bridgehead atoms. The highest BCUT2D eigenvalue weighted by Crippen LogP contribution is 2.50. The molecule has 0 spiro atoms. The summed E-state index contributed by atoms with van der Waals surface area (Å²) in [6.07, 6.45) is -0.768. The molecule has 0 unspecified atom stereocenters. The Labute approximate surface area is 182 Å². The predicted molar refractivity (Wildman–Crippen MR) is 118 cm³/mol. The van der Waals surface area contributed by atoms with Crippen LogP contribution in [0.4, 0.5) is 5.69 Å². The molecule has 2 aliphatic rings.